The fourth-order valence-electron chi connectivity index (χ4n) is 2.62. The monoisotopic (exact) mass is 368 g/mol. The molecule has 0 fully saturated rings. The smallest absolute Gasteiger partial charge is 0.263 e. The minimum absolute atomic E-state index is 0.135. The molecule has 1 amide bonds. The van der Waals surface area contributed by atoms with Gasteiger partial charge >= 0.3 is 0 Å². The van der Waals surface area contributed by atoms with Gasteiger partial charge in [-0.1, -0.05) is 30.8 Å². The molecule has 2 aromatic heterocycles. The fraction of sp³-hybridized carbons (Fsp3) is 0.263. The van der Waals surface area contributed by atoms with E-state index in [9.17, 15) is 9.59 Å². The van der Waals surface area contributed by atoms with Gasteiger partial charge in [0.25, 0.3) is 5.56 Å². The predicted molar refractivity (Wildman–Crippen MR) is 105 cm³/mol. The SMILES string of the molecule is CCc1cccc(NC(=O)CSc2nc3ncccc3c(=O)n2CC)c1. The summed E-state index contributed by atoms with van der Waals surface area (Å²) in [6.07, 6.45) is 2.52. The summed E-state index contributed by atoms with van der Waals surface area (Å²) in [5, 5.41) is 3.87. The molecule has 3 rings (SSSR count). The second kappa shape index (κ2) is 8.14. The van der Waals surface area contributed by atoms with Gasteiger partial charge < -0.3 is 5.32 Å². The number of rotatable bonds is 6. The van der Waals surface area contributed by atoms with Gasteiger partial charge in [0.15, 0.2) is 10.8 Å². The third-order valence-electron chi connectivity index (χ3n) is 3.96. The number of thioether (sulfide) groups is 1. The maximum atomic E-state index is 12.6. The Morgan fingerprint density at radius 1 is 1.23 bits per heavy atom. The molecule has 26 heavy (non-hydrogen) atoms. The minimum Gasteiger partial charge on any atom is -0.325 e. The van der Waals surface area contributed by atoms with Crippen LogP contribution in [0.2, 0.25) is 0 Å². The first kappa shape index (κ1) is 18.1. The van der Waals surface area contributed by atoms with Crippen molar-refractivity contribution < 1.29 is 4.79 Å². The zero-order valence-electron chi connectivity index (χ0n) is 14.7. The second-order valence-electron chi connectivity index (χ2n) is 5.71. The quantitative estimate of drug-likeness (QED) is 0.534. The van der Waals surface area contributed by atoms with E-state index in [0.29, 0.717) is 22.7 Å². The number of aromatic nitrogens is 3. The van der Waals surface area contributed by atoms with E-state index in [-0.39, 0.29) is 17.2 Å². The third kappa shape index (κ3) is 3.94. The largest absolute Gasteiger partial charge is 0.325 e. The molecule has 6 nitrogen and oxygen atoms in total. The number of benzene rings is 1. The number of pyridine rings is 1. The highest BCUT2D eigenvalue weighted by atomic mass is 32.2. The maximum Gasteiger partial charge on any atom is 0.263 e. The van der Waals surface area contributed by atoms with Crippen LogP contribution in [0.3, 0.4) is 0 Å². The number of amides is 1. The average molecular weight is 368 g/mol. The van der Waals surface area contributed by atoms with Gasteiger partial charge in [0, 0.05) is 18.4 Å². The van der Waals surface area contributed by atoms with Crippen molar-refractivity contribution >= 4 is 34.4 Å². The van der Waals surface area contributed by atoms with Crippen LogP contribution in [0.4, 0.5) is 5.69 Å². The summed E-state index contributed by atoms with van der Waals surface area (Å²) in [6, 6.07) is 11.2. The van der Waals surface area contributed by atoms with E-state index in [0.717, 1.165) is 17.7 Å². The third-order valence-corrected chi connectivity index (χ3v) is 4.94. The van der Waals surface area contributed by atoms with E-state index in [4.69, 9.17) is 0 Å². The number of nitrogens with zero attached hydrogens (tertiary/aromatic N) is 3. The van der Waals surface area contributed by atoms with Crippen LogP contribution in [0.1, 0.15) is 19.4 Å². The first-order valence-corrected chi connectivity index (χ1v) is 9.48. The molecule has 0 saturated carbocycles. The van der Waals surface area contributed by atoms with Crippen LogP contribution in [-0.4, -0.2) is 26.2 Å². The summed E-state index contributed by atoms with van der Waals surface area (Å²) in [5.74, 6) is 0.0301. The molecule has 0 unspecified atom stereocenters. The van der Waals surface area contributed by atoms with Crippen LogP contribution in [-0.2, 0) is 17.8 Å². The molecule has 0 saturated heterocycles. The van der Waals surface area contributed by atoms with Crippen molar-refractivity contribution in [2.45, 2.75) is 32.0 Å². The Labute approximate surface area is 155 Å². The summed E-state index contributed by atoms with van der Waals surface area (Å²) in [7, 11) is 0. The van der Waals surface area contributed by atoms with E-state index in [1.165, 1.54) is 11.8 Å². The molecule has 0 atom stereocenters. The molecule has 7 heteroatoms. The van der Waals surface area contributed by atoms with Gasteiger partial charge in [0.05, 0.1) is 11.1 Å². The van der Waals surface area contributed by atoms with Crippen LogP contribution in [0.15, 0.2) is 52.5 Å². The van der Waals surface area contributed by atoms with Crippen molar-refractivity contribution in [1.29, 1.82) is 0 Å². The van der Waals surface area contributed by atoms with Crippen molar-refractivity contribution in [3.8, 4) is 0 Å². The molecule has 134 valence electrons. The van der Waals surface area contributed by atoms with Crippen LogP contribution in [0, 0.1) is 0 Å². The first-order valence-electron chi connectivity index (χ1n) is 8.49. The lowest BCUT2D eigenvalue weighted by Crippen LogP contribution is -2.23. The van der Waals surface area contributed by atoms with E-state index < -0.39 is 0 Å². The Kier molecular flexibility index (Phi) is 5.68. The summed E-state index contributed by atoms with van der Waals surface area (Å²) >= 11 is 1.24. The molecule has 1 aromatic carbocycles. The number of carbonyl (C=O) groups is 1. The Bertz CT molecular complexity index is 1000. The van der Waals surface area contributed by atoms with E-state index in [1.807, 2.05) is 31.2 Å². The fourth-order valence-corrected chi connectivity index (χ4v) is 3.47. The molecule has 0 bridgehead atoms. The molecule has 0 aliphatic rings. The van der Waals surface area contributed by atoms with Gasteiger partial charge in [-0.15, -0.1) is 0 Å². The zero-order chi connectivity index (χ0) is 18.5. The summed E-state index contributed by atoms with van der Waals surface area (Å²) in [6.45, 7) is 4.44. The Morgan fingerprint density at radius 3 is 2.85 bits per heavy atom. The van der Waals surface area contributed by atoms with E-state index >= 15 is 0 Å². The topological polar surface area (TPSA) is 76.9 Å². The standard InChI is InChI=1S/C19H20N4O2S/c1-3-13-7-5-8-14(11-13)21-16(24)12-26-19-22-17-15(9-6-10-20-17)18(25)23(19)4-2/h5-11H,3-4,12H2,1-2H3,(H,21,24). The number of fused-ring (bicyclic) bond motifs is 1. The minimum atomic E-state index is -0.138. The molecule has 0 spiro atoms. The van der Waals surface area contributed by atoms with E-state index in [2.05, 4.69) is 22.2 Å². The van der Waals surface area contributed by atoms with E-state index in [1.54, 1.807) is 22.9 Å². The molecule has 1 N–H and O–H groups in total. The number of aryl methyl sites for hydroxylation is 1. The molecule has 0 aliphatic heterocycles. The van der Waals surface area contributed by atoms with Gasteiger partial charge in [0.1, 0.15) is 0 Å². The lowest BCUT2D eigenvalue weighted by molar-refractivity contribution is -0.113. The Hall–Kier alpha value is -2.67. The van der Waals surface area contributed by atoms with Crippen molar-refractivity contribution in [3.63, 3.8) is 0 Å². The van der Waals surface area contributed by atoms with Gasteiger partial charge in [-0.2, -0.15) is 0 Å². The number of anilines is 1. The molecular weight excluding hydrogens is 348 g/mol. The zero-order valence-corrected chi connectivity index (χ0v) is 15.5. The predicted octanol–water partition coefficient (Wildman–Crippen LogP) is 3.10. The highest BCUT2D eigenvalue weighted by molar-refractivity contribution is 7.99. The van der Waals surface area contributed by atoms with Gasteiger partial charge in [-0.05, 0) is 43.2 Å². The second-order valence-corrected chi connectivity index (χ2v) is 6.65. The average Bonchev–Trinajstić information content (AvgIpc) is 2.66. The molecule has 0 radical (unpaired) electrons. The number of hydrogen-bond acceptors (Lipinski definition) is 5. The van der Waals surface area contributed by atoms with Gasteiger partial charge in [0.2, 0.25) is 5.91 Å². The van der Waals surface area contributed by atoms with Crippen LogP contribution >= 0.6 is 11.8 Å². The molecular formula is C19H20N4O2S. The van der Waals surface area contributed by atoms with Crippen LogP contribution in [0.5, 0.6) is 0 Å². The first-order chi connectivity index (χ1) is 12.6. The molecule has 0 aliphatic carbocycles. The van der Waals surface area contributed by atoms with Gasteiger partial charge in [-0.25, -0.2) is 9.97 Å². The molecule has 3 aromatic rings. The molecule has 2 heterocycles. The summed E-state index contributed by atoms with van der Waals surface area (Å²) in [4.78, 5) is 33.4. The van der Waals surface area contributed by atoms with Crippen LogP contribution in [0.25, 0.3) is 11.0 Å². The number of carbonyl (C=O) groups excluding carboxylic acids is 1. The highest BCUT2D eigenvalue weighted by Crippen LogP contribution is 2.18. The Morgan fingerprint density at radius 2 is 2.08 bits per heavy atom. The number of hydrogen-bond donors (Lipinski definition) is 1. The maximum absolute atomic E-state index is 12.6. The lowest BCUT2D eigenvalue weighted by Gasteiger charge is -2.11. The van der Waals surface area contributed by atoms with Crippen LogP contribution < -0.4 is 10.9 Å². The summed E-state index contributed by atoms with van der Waals surface area (Å²) < 4.78 is 1.57. The van der Waals surface area contributed by atoms with Crippen molar-refractivity contribution in [2.24, 2.45) is 0 Å². The normalized spacial score (nSPS) is 10.8. The highest BCUT2D eigenvalue weighted by Gasteiger charge is 2.13. The lowest BCUT2D eigenvalue weighted by atomic mass is 10.1. The van der Waals surface area contributed by atoms with Crippen molar-refractivity contribution in [2.75, 3.05) is 11.1 Å². The van der Waals surface area contributed by atoms with Crippen molar-refractivity contribution in [1.82, 2.24) is 14.5 Å². The van der Waals surface area contributed by atoms with Crippen molar-refractivity contribution in [3.05, 3.63) is 58.5 Å². The van der Waals surface area contributed by atoms with Gasteiger partial charge in [-0.3, -0.25) is 14.2 Å². The number of nitrogens with one attached hydrogen (secondary N) is 1. The Balaban J connectivity index is 1.76. The summed E-state index contributed by atoms with van der Waals surface area (Å²) in [5.41, 5.74) is 2.21.